The standard InChI is InChI=1S/C31H31Cl2N7O6/c1-18-7-4-5-10-22(18)36-31(45)37-23-12-11-19(13-25(23)46-3)14-27(41)39(2)16-26-34-17-40(38-26)15-24(30(43)44)35-29(42)28-20(32)8-6-9-21(28)33/h4-13,17,24H,14-16H2,1-3H3,(H,35,42)(H,43,44)(H2,36,37,45). The number of ether oxygens (including phenoxy) is 1. The van der Waals surface area contributed by atoms with Crippen LogP contribution in [0.4, 0.5) is 16.2 Å². The number of aromatic nitrogens is 3. The van der Waals surface area contributed by atoms with Gasteiger partial charge in [-0.1, -0.05) is 53.5 Å². The molecule has 4 N–H and O–H groups in total. The predicted octanol–water partition coefficient (Wildman–Crippen LogP) is 4.63. The highest BCUT2D eigenvalue weighted by atomic mass is 35.5. The van der Waals surface area contributed by atoms with Crippen LogP contribution in [0.1, 0.15) is 27.3 Å². The Kier molecular flexibility index (Phi) is 11.2. The van der Waals surface area contributed by atoms with E-state index in [0.717, 1.165) is 5.56 Å². The van der Waals surface area contributed by atoms with Gasteiger partial charge >= 0.3 is 12.0 Å². The lowest BCUT2D eigenvalue weighted by Crippen LogP contribution is -2.44. The summed E-state index contributed by atoms with van der Waals surface area (Å²) in [5.74, 6) is -1.66. The highest BCUT2D eigenvalue weighted by Gasteiger charge is 2.25. The van der Waals surface area contributed by atoms with Crippen molar-refractivity contribution in [1.82, 2.24) is 25.0 Å². The normalized spacial score (nSPS) is 11.3. The monoisotopic (exact) mass is 667 g/mol. The minimum absolute atomic E-state index is 0.0288. The van der Waals surface area contributed by atoms with E-state index in [0.29, 0.717) is 22.7 Å². The van der Waals surface area contributed by atoms with Gasteiger partial charge in [0, 0.05) is 12.7 Å². The van der Waals surface area contributed by atoms with Crippen LogP contribution in [-0.2, 0) is 29.1 Å². The Morgan fingerprint density at radius 2 is 1.70 bits per heavy atom. The number of aliphatic carboxylic acids is 1. The molecule has 0 saturated heterocycles. The van der Waals surface area contributed by atoms with Crippen LogP contribution in [0, 0.1) is 6.92 Å². The molecule has 0 spiro atoms. The van der Waals surface area contributed by atoms with Crippen molar-refractivity contribution in [1.29, 1.82) is 0 Å². The zero-order valence-electron chi connectivity index (χ0n) is 25.1. The number of carboxylic acid groups (broad SMARTS) is 1. The van der Waals surface area contributed by atoms with Gasteiger partial charge in [-0.15, -0.1) is 0 Å². The van der Waals surface area contributed by atoms with E-state index in [9.17, 15) is 24.3 Å². The summed E-state index contributed by atoms with van der Waals surface area (Å²) >= 11 is 12.1. The Morgan fingerprint density at radius 1 is 1.00 bits per heavy atom. The first-order valence-electron chi connectivity index (χ1n) is 13.9. The van der Waals surface area contributed by atoms with Gasteiger partial charge < -0.3 is 30.7 Å². The van der Waals surface area contributed by atoms with Crippen molar-refractivity contribution in [3.63, 3.8) is 0 Å². The number of nitrogens with zero attached hydrogens (tertiary/aromatic N) is 4. The molecule has 0 aliphatic carbocycles. The molecule has 4 amide bonds. The van der Waals surface area contributed by atoms with E-state index in [2.05, 4.69) is 26.0 Å². The lowest BCUT2D eigenvalue weighted by Gasteiger charge is -2.17. The van der Waals surface area contributed by atoms with Gasteiger partial charge in [-0.2, -0.15) is 5.10 Å². The minimum Gasteiger partial charge on any atom is -0.495 e. The van der Waals surface area contributed by atoms with E-state index in [1.807, 2.05) is 25.1 Å². The molecule has 4 aromatic rings. The van der Waals surface area contributed by atoms with Gasteiger partial charge in [0.05, 0.1) is 47.9 Å². The summed E-state index contributed by atoms with van der Waals surface area (Å²) in [6.45, 7) is 1.69. The van der Waals surface area contributed by atoms with Gasteiger partial charge in [0.15, 0.2) is 5.82 Å². The van der Waals surface area contributed by atoms with Crippen molar-refractivity contribution in [2.24, 2.45) is 0 Å². The van der Waals surface area contributed by atoms with Crippen LogP contribution in [0.25, 0.3) is 0 Å². The van der Waals surface area contributed by atoms with Crippen LogP contribution in [0.2, 0.25) is 10.0 Å². The summed E-state index contributed by atoms with van der Waals surface area (Å²) in [6.07, 6.45) is 1.34. The van der Waals surface area contributed by atoms with Crippen molar-refractivity contribution in [3.05, 3.63) is 99.6 Å². The highest BCUT2D eigenvalue weighted by Crippen LogP contribution is 2.27. The number of hydrogen-bond acceptors (Lipinski definition) is 7. The first-order valence-corrected chi connectivity index (χ1v) is 14.6. The van der Waals surface area contributed by atoms with E-state index >= 15 is 0 Å². The van der Waals surface area contributed by atoms with Crippen LogP contribution >= 0.6 is 23.2 Å². The number of para-hydroxylation sites is 1. The molecule has 0 aliphatic heterocycles. The number of rotatable bonds is 12. The Morgan fingerprint density at radius 3 is 2.37 bits per heavy atom. The van der Waals surface area contributed by atoms with E-state index in [4.69, 9.17) is 27.9 Å². The molecule has 1 heterocycles. The Hall–Kier alpha value is -5.14. The second kappa shape index (κ2) is 15.2. The zero-order valence-corrected chi connectivity index (χ0v) is 26.6. The van der Waals surface area contributed by atoms with Gasteiger partial charge in [0.1, 0.15) is 18.1 Å². The van der Waals surface area contributed by atoms with Crippen LogP contribution in [-0.4, -0.2) is 68.8 Å². The van der Waals surface area contributed by atoms with Crippen LogP contribution < -0.4 is 20.7 Å². The maximum atomic E-state index is 13.0. The molecule has 0 saturated carbocycles. The third-order valence-electron chi connectivity index (χ3n) is 6.81. The lowest BCUT2D eigenvalue weighted by atomic mass is 10.1. The smallest absolute Gasteiger partial charge is 0.328 e. The molecule has 0 aliphatic rings. The Bertz CT molecular complexity index is 1740. The summed E-state index contributed by atoms with van der Waals surface area (Å²) in [7, 11) is 3.05. The van der Waals surface area contributed by atoms with Gasteiger partial charge in [0.2, 0.25) is 5.91 Å². The number of carboxylic acids is 1. The predicted molar refractivity (Wildman–Crippen MR) is 172 cm³/mol. The maximum absolute atomic E-state index is 13.0. The van der Waals surface area contributed by atoms with Crippen molar-refractivity contribution < 1.29 is 29.0 Å². The third-order valence-corrected chi connectivity index (χ3v) is 7.44. The average Bonchev–Trinajstić information content (AvgIpc) is 3.45. The molecule has 0 fully saturated rings. The summed E-state index contributed by atoms with van der Waals surface area (Å²) in [5, 5.41) is 22.0. The number of carbonyl (C=O) groups excluding carboxylic acids is 3. The van der Waals surface area contributed by atoms with Gasteiger partial charge in [-0.3, -0.25) is 9.59 Å². The molecule has 1 aromatic heterocycles. The number of urea groups is 1. The van der Waals surface area contributed by atoms with Crippen molar-refractivity contribution in [2.45, 2.75) is 32.5 Å². The number of likely N-dealkylation sites (N-methyl/N-ethyl adjacent to an activating group) is 1. The van der Waals surface area contributed by atoms with Crippen LogP contribution in [0.5, 0.6) is 5.75 Å². The number of benzene rings is 3. The SMILES string of the molecule is COc1cc(CC(=O)N(C)Cc2ncn(CC(NC(=O)c3c(Cl)cccc3Cl)C(=O)O)n2)ccc1NC(=O)Nc1ccccc1C. The van der Waals surface area contributed by atoms with Crippen molar-refractivity contribution in [2.75, 3.05) is 24.8 Å². The van der Waals surface area contributed by atoms with Gasteiger partial charge in [-0.05, 0) is 48.4 Å². The molecule has 1 unspecified atom stereocenters. The number of hydrogen-bond donors (Lipinski definition) is 4. The van der Waals surface area contributed by atoms with Crippen molar-refractivity contribution >= 4 is 58.4 Å². The van der Waals surface area contributed by atoms with E-state index in [1.54, 1.807) is 37.4 Å². The Labute approximate surface area is 274 Å². The fourth-order valence-electron chi connectivity index (χ4n) is 4.36. The number of amides is 4. The van der Waals surface area contributed by atoms with Crippen LogP contribution in [0.3, 0.4) is 0 Å². The summed E-state index contributed by atoms with van der Waals surface area (Å²) < 4.78 is 6.70. The van der Waals surface area contributed by atoms with E-state index < -0.39 is 23.9 Å². The van der Waals surface area contributed by atoms with E-state index in [-0.39, 0.29) is 46.9 Å². The molecule has 3 aromatic carbocycles. The highest BCUT2D eigenvalue weighted by molar-refractivity contribution is 6.39. The molecule has 4 rings (SSSR count). The van der Waals surface area contributed by atoms with Gasteiger partial charge in [-0.25, -0.2) is 19.3 Å². The number of halogens is 2. The third kappa shape index (κ3) is 8.73. The van der Waals surface area contributed by atoms with Crippen LogP contribution in [0.15, 0.2) is 67.0 Å². The summed E-state index contributed by atoms with van der Waals surface area (Å²) in [6, 6.07) is 15.1. The molecule has 0 bridgehead atoms. The van der Waals surface area contributed by atoms with E-state index in [1.165, 1.54) is 35.2 Å². The zero-order chi connectivity index (χ0) is 33.4. The molecule has 15 heteroatoms. The number of methoxy groups -OCH3 is 1. The number of carbonyl (C=O) groups is 4. The van der Waals surface area contributed by atoms with Crippen molar-refractivity contribution in [3.8, 4) is 5.75 Å². The number of nitrogens with one attached hydrogen (secondary N) is 3. The molecular formula is C31H31Cl2N7O6. The molecule has 0 radical (unpaired) electrons. The first kappa shape index (κ1) is 33.7. The first-order chi connectivity index (χ1) is 21.9. The second-order valence-electron chi connectivity index (χ2n) is 10.2. The summed E-state index contributed by atoms with van der Waals surface area (Å²) in [5.41, 5.74) is 2.63. The summed E-state index contributed by atoms with van der Waals surface area (Å²) in [4.78, 5) is 55.7. The number of aryl methyl sites for hydroxylation is 1. The lowest BCUT2D eigenvalue weighted by molar-refractivity contribution is -0.139. The van der Waals surface area contributed by atoms with Gasteiger partial charge in [0.25, 0.3) is 5.91 Å². The topological polar surface area (TPSA) is 168 Å². The molecular weight excluding hydrogens is 637 g/mol. The fourth-order valence-corrected chi connectivity index (χ4v) is 4.93. The minimum atomic E-state index is -1.37. The largest absolute Gasteiger partial charge is 0.495 e. The molecule has 46 heavy (non-hydrogen) atoms. The number of anilines is 2. The second-order valence-corrected chi connectivity index (χ2v) is 11.0. The Balaban J connectivity index is 1.33. The molecule has 240 valence electrons. The quantitative estimate of drug-likeness (QED) is 0.170. The average molecular weight is 669 g/mol. The molecule has 13 nitrogen and oxygen atoms in total. The maximum Gasteiger partial charge on any atom is 0.328 e. The fraction of sp³-hybridized carbons (Fsp3) is 0.226. The molecule has 1 atom stereocenters.